The summed E-state index contributed by atoms with van der Waals surface area (Å²) in [4.78, 5) is 12.9. The normalized spacial score (nSPS) is 15.2. The number of carbonyl (C=O) groups is 1. The lowest BCUT2D eigenvalue weighted by Gasteiger charge is -2.19. The molecule has 0 saturated heterocycles. The first-order valence-corrected chi connectivity index (χ1v) is 7.66. The number of hydrogen-bond acceptors (Lipinski definition) is 2. The second-order valence-electron chi connectivity index (χ2n) is 5.69. The fourth-order valence-corrected chi connectivity index (χ4v) is 2.38. The van der Waals surface area contributed by atoms with Gasteiger partial charge in [0.05, 0.1) is 6.54 Å². The molecule has 0 aromatic heterocycles. The Morgan fingerprint density at radius 2 is 1.72 bits per heavy atom. The van der Waals surface area contributed by atoms with Crippen LogP contribution in [0.5, 0.6) is 0 Å². The van der Waals surface area contributed by atoms with Crippen molar-refractivity contribution >= 4 is 5.97 Å². The van der Waals surface area contributed by atoms with E-state index in [1.807, 2.05) is 0 Å². The van der Waals surface area contributed by atoms with Crippen molar-refractivity contribution < 1.29 is 9.90 Å². The van der Waals surface area contributed by atoms with Crippen LogP contribution in [0.15, 0.2) is 0 Å². The number of carboxylic acid groups (broad SMARTS) is 1. The molecule has 1 N–H and O–H groups in total. The number of hydrogen-bond donors (Lipinski definition) is 1. The molecule has 0 spiro atoms. The standard InChI is InChI=1S/C15H29NO2/c1-2-3-4-5-6-7-8-11-16(13-15(17)18)12-14-9-10-14/h14H,2-13H2,1H3,(H,17,18). The van der Waals surface area contributed by atoms with Crippen LogP contribution in [0.25, 0.3) is 0 Å². The molecule has 0 atom stereocenters. The molecule has 1 aliphatic carbocycles. The van der Waals surface area contributed by atoms with E-state index in [9.17, 15) is 4.79 Å². The van der Waals surface area contributed by atoms with Crippen molar-refractivity contribution in [1.29, 1.82) is 0 Å². The predicted molar refractivity (Wildman–Crippen MR) is 74.8 cm³/mol. The van der Waals surface area contributed by atoms with E-state index in [2.05, 4.69) is 11.8 Å². The van der Waals surface area contributed by atoms with Crippen LogP contribution in [0.3, 0.4) is 0 Å². The van der Waals surface area contributed by atoms with Gasteiger partial charge in [0.1, 0.15) is 0 Å². The Morgan fingerprint density at radius 1 is 1.11 bits per heavy atom. The second kappa shape index (κ2) is 9.37. The molecule has 106 valence electrons. The van der Waals surface area contributed by atoms with Crippen LogP contribution >= 0.6 is 0 Å². The lowest BCUT2D eigenvalue weighted by molar-refractivity contribution is -0.138. The molecule has 3 heteroatoms. The first-order valence-electron chi connectivity index (χ1n) is 7.66. The number of carboxylic acids is 1. The summed E-state index contributed by atoms with van der Waals surface area (Å²) in [5.41, 5.74) is 0. The monoisotopic (exact) mass is 255 g/mol. The van der Waals surface area contributed by atoms with Crippen LogP contribution in [0.4, 0.5) is 0 Å². The topological polar surface area (TPSA) is 40.5 Å². The maximum atomic E-state index is 10.8. The van der Waals surface area contributed by atoms with Crippen LogP contribution in [-0.2, 0) is 4.79 Å². The molecule has 0 unspecified atom stereocenters. The van der Waals surface area contributed by atoms with Crippen molar-refractivity contribution in [2.75, 3.05) is 19.6 Å². The van der Waals surface area contributed by atoms with Crippen LogP contribution in [0.1, 0.15) is 64.7 Å². The molecule has 1 fully saturated rings. The van der Waals surface area contributed by atoms with Gasteiger partial charge in [-0.15, -0.1) is 0 Å². The quantitative estimate of drug-likeness (QED) is 0.542. The zero-order valence-corrected chi connectivity index (χ0v) is 11.9. The lowest BCUT2D eigenvalue weighted by Crippen LogP contribution is -2.32. The minimum Gasteiger partial charge on any atom is -0.480 e. The number of unbranched alkanes of at least 4 members (excludes halogenated alkanes) is 6. The van der Waals surface area contributed by atoms with Crippen LogP contribution < -0.4 is 0 Å². The van der Waals surface area contributed by atoms with Gasteiger partial charge in [-0.1, -0.05) is 45.4 Å². The number of nitrogens with zero attached hydrogens (tertiary/aromatic N) is 1. The Bertz CT molecular complexity index is 227. The van der Waals surface area contributed by atoms with Crippen molar-refractivity contribution in [2.24, 2.45) is 5.92 Å². The molecule has 18 heavy (non-hydrogen) atoms. The first kappa shape index (κ1) is 15.5. The third kappa shape index (κ3) is 8.51. The van der Waals surface area contributed by atoms with Gasteiger partial charge in [-0.05, 0) is 31.7 Å². The van der Waals surface area contributed by atoms with E-state index in [0.717, 1.165) is 25.4 Å². The van der Waals surface area contributed by atoms with Gasteiger partial charge in [0.15, 0.2) is 0 Å². The average molecular weight is 255 g/mol. The van der Waals surface area contributed by atoms with E-state index in [1.54, 1.807) is 0 Å². The Balaban J connectivity index is 1.99. The van der Waals surface area contributed by atoms with Crippen LogP contribution in [0.2, 0.25) is 0 Å². The molecule has 0 bridgehead atoms. The smallest absolute Gasteiger partial charge is 0.317 e. The molecule has 0 radical (unpaired) electrons. The lowest BCUT2D eigenvalue weighted by atomic mass is 10.1. The van der Waals surface area contributed by atoms with Crippen molar-refractivity contribution in [3.63, 3.8) is 0 Å². The first-order chi connectivity index (χ1) is 8.72. The van der Waals surface area contributed by atoms with Gasteiger partial charge in [-0.25, -0.2) is 0 Å². The third-order valence-corrected chi connectivity index (χ3v) is 3.65. The highest BCUT2D eigenvalue weighted by Crippen LogP contribution is 2.29. The fourth-order valence-electron chi connectivity index (χ4n) is 2.38. The Morgan fingerprint density at radius 3 is 2.28 bits per heavy atom. The second-order valence-corrected chi connectivity index (χ2v) is 5.69. The van der Waals surface area contributed by atoms with Gasteiger partial charge in [0.2, 0.25) is 0 Å². The summed E-state index contributed by atoms with van der Waals surface area (Å²) in [7, 11) is 0. The molecular formula is C15H29NO2. The highest BCUT2D eigenvalue weighted by Gasteiger charge is 2.24. The van der Waals surface area contributed by atoms with Crippen molar-refractivity contribution in [1.82, 2.24) is 4.90 Å². The summed E-state index contributed by atoms with van der Waals surface area (Å²) >= 11 is 0. The summed E-state index contributed by atoms with van der Waals surface area (Å²) in [6.45, 7) is 4.44. The third-order valence-electron chi connectivity index (χ3n) is 3.65. The predicted octanol–water partition coefficient (Wildman–Crippen LogP) is 3.53. The van der Waals surface area contributed by atoms with E-state index >= 15 is 0 Å². The zero-order valence-electron chi connectivity index (χ0n) is 11.9. The minimum atomic E-state index is -0.682. The van der Waals surface area contributed by atoms with Gasteiger partial charge in [-0.3, -0.25) is 9.69 Å². The SMILES string of the molecule is CCCCCCCCCN(CC(=O)O)CC1CC1. The zero-order chi connectivity index (χ0) is 13.2. The van der Waals surface area contributed by atoms with Gasteiger partial charge in [0, 0.05) is 6.54 Å². The Hall–Kier alpha value is -0.570. The maximum Gasteiger partial charge on any atom is 0.317 e. The number of rotatable bonds is 12. The summed E-state index contributed by atoms with van der Waals surface area (Å²) < 4.78 is 0. The van der Waals surface area contributed by atoms with Crippen LogP contribution in [0, 0.1) is 5.92 Å². The highest BCUT2D eigenvalue weighted by atomic mass is 16.4. The molecular weight excluding hydrogens is 226 g/mol. The Labute approximate surface area is 112 Å². The molecule has 3 nitrogen and oxygen atoms in total. The van der Waals surface area contributed by atoms with Gasteiger partial charge in [-0.2, -0.15) is 0 Å². The van der Waals surface area contributed by atoms with E-state index in [0.29, 0.717) is 0 Å². The van der Waals surface area contributed by atoms with E-state index in [-0.39, 0.29) is 6.54 Å². The number of aliphatic carboxylic acids is 1. The van der Waals surface area contributed by atoms with Crippen molar-refractivity contribution in [3.8, 4) is 0 Å². The molecule has 0 aliphatic heterocycles. The maximum absolute atomic E-state index is 10.8. The average Bonchev–Trinajstić information content (AvgIpc) is 3.11. The Kier molecular flexibility index (Phi) is 8.06. The largest absolute Gasteiger partial charge is 0.480 e. The van der Waals surface area contributed by atoms with Gasteiger partial charge in [0.25, 0.3) is 0 Å². The van der Waals surface area contributed by atoms with E-state index < -0.39 is 5.97 Å². The van der Waals surface area contributed by atoms with Crippen molar-refractivity contribution in [3.05, 3.63) is 0 Å². The van der Waals surface area contributed by atoms with E-state index in [4.69, 9.17) is 5.11 Å². The molecule has 1 aliphatic rings. The van der Waals surface area contributed by atoms with Crippen LogP contribution in [-0.4, -0.2) is 35.6 Å². The summed E-state index contributed by atoms with van der Waals surface area (Å²) in [6.07, 6.45) is 11.7. The summed E-state index contributed by atoms with van der Waals surface area (Å²) in [5, 5.41) is 8.88. The molecule has 0 aromatic carbocycles. The summed E-state index contributed by atoms with van der Waals surface area (Å²) in [5.74, 6) is 0.104. The summed E-state index contributed by atoms with van der Waals surface area (Å²) in [6, 6.07) is 0. The molecule has 0 heterocycles. The highest BCUT2D eigenvalue weighted by molar-refractivity contribution is 5.69. The van der Waals surface area contributed by atoms with Crippen molar-refractivity contribution in [2.45, 2.75) is 64.7 Å². The molecule has 1 rings (SSSR count). The van der Waals surface area contributed by atoms with E-state index in [1.165, 1.54) is 51.4 Å². The van der Waals surface area contributed by atoms with Gasteiger partial charge >= 0.3 is 5.97 Å². The fraction of sp³-hybridized carbons (Fsp3) is 0.933. The molecule has 0 amide bonds. The van der Waals surface area contributed by atoms with Gasteiger partial charge < -0.3 is 5.11 Å². The molecule has 0 aromatic rings. The molecule has 1 saturated carbocycles. The minimum absolute atomic E-state index is 0.229.